The fraction of sp³-hybridized carbons (Fsp3) is 1.00. The Morgan fingerprint density at radius 3 is 2.57 bits per heavy atom. The molecule has 0 aliphatic heterocycles. The van der Waals surface area contributed by atoms with Crippen LogP contribution in [0.25, 0.3) is 0 Å². The standard InChI is InChI=1S/C3H9N3O/c1-6(4)3-2-5-7/h2-4H2,1H3. The predicted molar refractivity (Wildman–Crippen MR) is 27.5 cm³/mol. The Balaban J connectivity index is 2.81. The highest BCUT2D eigenvalue weighted by Crippen LogP contribution is 1.68. The van der Waals surface area contributed by atoms with Crippen LogP contribution in [0.1, 0.15) is 0 Å². The van der Waals surface area contributed by atoms with Gasteiger partial charge in [0.05, 0.1) is 6.54 Å². The molecule has 0 aromatic heterocycles. The van der Waals surface area contributed by atoms with E-state index in [-0.39, 0.29) is 6.54 Å². The van der Waals surface area contributed by atoms with Gasteiger partial charge in [-0.05, 0) is 0 Å². The second-order valence-electron chi connectivity index (χ2n) is 1.33. The summed E-state index contributed by atoms with van der Waals surface area (Å²) in [6.45, 7) is 0.802. The Morgan fingerprint density at radius 1 is 1.86 bits per heavy atom. The van der Waals surface area contributed by atoms with Crippen LogP contribution in [0.4, 0.5) is 0 Å². The molecule has 0 aliphatic rings. The Hall–Kier alpha value is -0.480. The largest absolute Gasteiger partial charge is 0.269 e. The molecule has 7 heavy (non-hydrogen) atoms. The number of nitrogens with zero attached hydrogens (tertiary/aromatic N) is 2. The summed E-state index contributed by atoms with van der Waals surface area (Å²) < 4.78 is 0. The van der Waals surface area contributed by atoms with Gasteiger partial charge in [0.2, 0.25) is 0 Å². The van der Waals surface area contributed by atoms with E-state index < -0.39 is 0 Å². The topological polar surface area (TPSA) is 58.7 Å². The molecule has 0 rings (SSSR count). The Morgan fingerprint density at radius 2 is 2.43 bits per heavy atom. The van der Waals surface area contributed by atoms with Crippen molar-refractivity contribution in [1.82, 2.24) is 5.01 Å². The van der Waals surface area contributed by atoms with Crippen molar-refractivity contribution in [2.45, 2.75) is 0 Å². The van der Waals surface area contributed by atoms with Gasteiger partial charge < -0.3 is 0 Å². The average Bonchev–Trinajstić information content (AvgIpc) is 1.61. The molecule has 0 saturated heterocycles. The number of nitrogens with two attached hydrogens (primary N) is 1. The molecule has 0 aromatic rings. The van der Waals surface area contributed by atoms with E-state index in [1.54, 1.807) is 7.05 Å². The number of rotatable bonds is 3. The highest BCUT2D eigenvalue weighted by atomic mass is 16.3. The van der Waals surface area contributed by atoms with E-state index in [0.717, 1.165) is 0 Å². The lowest BCUT2D eigenvalue weighted by molar-refractivity contribution is 0.359. The Labute approximate surface area is 42.2 Å². The molecule has 0 atom stereocenters. The van der Waals surface area contributed by atoms with E-state index in [2.05, 4.69) is 5.18 Å². The van der Waals surface area contributed by atoms with Crippen molar-refractivity contribution in [3.63, 3.8) is 0 Å². The third kappa shape index (κ3) is 5.52. The smallest absolute Gasteiger partial charge is 0.0951 e. The van der Waals surface area contributed by atoms with Crippen LogP contribution in [0.2, 0.25) is 0 Å². The third-order valence-corrected chi connectivity index (χ3v) is 0.544. The van der Waals surface area contributed by atoms with Crippen LogP contribution in [0, 0.1) is 4.91 Å². The highest BCUT2D eigenvalue weighted by molar-refractivity contribution is 4.42. The van der Waals surface area contributed by atoms with Gasteiger partial charge in [0, 0.05) is 13.6 Å². The summed E-state index contributed by atoms with van der Waals surface area (Å²) in [6, 6.07) is 0. The molecular weight excluding hydrogens is 94.1 g/mol. The van der Waals surface area contributed by atoms with Gasteiger partial charge in [0.25, 0.3) is 0 Å². The monoisotopic (exact) mass is 103 g/mol. The molecule has 4 heteroatoms. The van der Waals surface area contributed by atoms with Crippen LogP contribution in [-0.2, 0) is 0 Å². The summed E-state index contributed by atoms with van der Waals surface area (Å²) in [5, 5.41) is 4.02. The van der Waals surface area contributed by atoms with Crippen LogP contribution in [0.15, 0.2) is 5.18 Å². The minimum Gasteiger partial charge on any atom is -0.269 e. The van der Waals surface area contributed by atoms with Crippen molar-refractivity contribution in [2.75, 3.05) is 20.1 Å². The normalized spacial score (nSPS) is 9.57. The van der Waals surface area contributed by atoms with Gasteiger partial charge >= 0.3 is 0 Å². The molecular formula is C3H9N3O. The fourth-order valence-electron chi connectivity index (χ4n) is 0.199. The average molecular weight is 103 g/mol. The van der Waals surface area contributed by atoms with E-state index in [1.807, 2.05) is 0 Å². The fourth-order valence-corrected chi connectivity index (χ4v) is 0.199. The van der Waals surface area contributed by atoms with Crippen molar-refractivity contribution in [2.24, 2.45) is 11.0 Å². The van der Waals surface area contributed by atoms with Gasteiger partial charge in [-0.15, -0.1) is 0 Å². The Kier molecular flexibility index (Phi) is 3.45. The van der Waals surface area contributed by atoms with Gasteiger partial charge in [0.1, 0.15) is 0 Å². The first-order chi connectivity index (χ1) is 3.27. The zero-order valence-corrected chi connectivity index (χ0v) is 4.29. The van der Waals surface area contributed by atoms with Crippen LogP contribution < -0.4 is 5.84 Å². The maximum Gasteiger partial charge on any atom is 0.0951 e. The summed E-state index contributed by atoms with van der Waals surface area (Å²) in [6.07, 6.45) is 0. The Bertz CT molecular complexity index is 54.1. The summed E-state index contributed by atoms with van der Waals surface area (Å²) in [5.74, 6) is 5.11. The molecule has 0 aromatic carbocycles. The zero-order chi connectivity index (χ0) is 5.70. The molecule has 2 N–H and O–H groups in total. The minimum absolute atomic E-state index is 0.271. The SMILES string of the molecule is CN(N)CCN=O. The lowest BCUT2D eigenvalue weighted by Gasteiger charge is -2.02. The number of hydrogen-bond donors (Lipinski definition) is 1. The second kappa shape index (κ2) is 3.70. The molecule has 0 aliphatic carbocycles. The first-order valence-electron chi connectivity index (χ1n) is 2.02. The summed E-state index contributed by atoms with van der Waals surface area (Å²) >= 11 is 0. The maximum atomic E-state index is 9.38. The second-order valence-corrected chi connectivity index (χ2v) is 1.33. The number of nitroso groups, excluding NO2 is 1. The van der Waals surface area contributed by atoms with E-state index >= 15 is 0 Å². The number of hydrazine groups is 1. The van der Waals surface area contributed by atoms with E-state index in [0.29, 0.717) is 6.54 Å². The lowest BCUT2D eigenvalue weighted by Crippen LogP contribution is -2.28. The molecule has 0 saturated carbocycles. The molecule has 0 radical (unpaired) electrons. The van der Waals surface area contributed by atoms with Crippen molar-refractivity contribution in [1.29, 1.82) is 0 Å². The molecule has 0 heterocycles. The summed E-state index contributed by atoms with van der Waals surface area (Å²) in [5.41, 5.74) is 0. The van der Waals surface area contributed by atoms with E-state index in [9.17, 15) is 4.91 Å². The van der Waals surface area contributed by atoms with Crippen LogP contribution in [0.3, 0.4) is 0 Å². The summed E-state index contributed by atoms with van der Waals surface area (Å²) in [4.78, 5) is 9.38. The third-order valence-electron chi connectivity index (χ3n) is 0.544. The van der Waals surface area contributed by atoms with Crippen molar-refractivity contribution >= 4 is 0 Å². The maximum absolute atomic E-state index is 9.38. The number of hydrogen-bond acceptors (Lipinski definition) is 4. The molecule has 0 amide bonds. The van der Waals surface area contributed by atoms with Gasteiger partial charge in [-0.1, -0.05) is 5.18 Å². The van der Waals surface area contributed by atoms with Crippen molar-refractivity contribution in [3.8, 4) is 0 Å². The molecule has 0 spiro atoms. The minimum atomic E-state index is 0.271. The molecule has 0 fully saturated rings. The highest BCUT2D eigenvalue weighted by Gasteiger charge is 1.84. The van der Waals surface area contributed by atoms with Crippen LogP contribution in [0.5, 0.6) is 0 Å². The van der Waals surface area contributed by atoms with Gasteiger partial charge in [-0.2, -0.15) is 4.91 Å². The molecule has 4 nitrogen and oxygen atoms in total. The van der Waals surface area contributed by atoms with E-state index in [4.69, 9.17) is 5.84 Å². The van der Waals surface area contributed by atoms with Crippen molar-refractivity contribution < 1.29 is 0 Å². The van der Waals surface area contributed by atoms with Crippen LogP contribution in [-0.4, -0.2) is 25.1 Å². The van der Waals surface area contributed by atoms with Gasteiger partial charge in [-0.25, -0.2) is 5.01 Å². The first-order valence-corrected chi connectivity index (χ1v) is 2.02. The molecule has 0 bridgehead atoms. The first kappa shape index (κ1) is 6.52. The molecule has 42 valence electrons. The van der Waals surface area contributed by atoms with Gasteiger partial charge in [0.15, 0.2) is 0 Å². The molecule has 0 unspecified atom stereocenters. The van der Waals surface area contributed by atoms with Crippen LogP contribution >= 0.6 is 0 Å². The number of likely N-dealkylation sites (N-methyl/N-ethyl adjacent to an activating group) is 1. The van der Waals surface area contributed by atoms with Crippen molar-refractivity contribution in [3.05, 3.63) is 4.91 Å². The van der Waals surface area contributed by atoms with E-state index in [1.165, 1.54) is 5.01 Å². The predicted octanol–water partition coefficient (Wildman–Crippen LogP) is -0.442. The quantitative estimate of drug-likeness (QED) is 0.299. The zero-order valence-electron chi connectivity index (χ0n) is 4.29. The summed E-state index contributed by atoms with van der Waals surface area (Å²) in [7, 11) is 1.69. The lowest BCUT2D eigenvalue weighted by atomic mass is 10.6. The van der Waals surface area contributed by atoms with Gasteiger partial charge in [-0.3, -0.25) is 5.84 Å².